The van der Waals surface area contributed by atoms with E-state index in [0.717, 1.165) is 21.9 Å². The number of hydrogen-bond acceptors (Lipinski definition) is 5. The fraction of sp³-hybridized carbons (Fsp3) is 0.294. The lowest BCUT2D eigenvalue weighted by atomic mass is 10.2. The van der Waals surface area contributed by atoms with Gasteiger partial charge in [0.15, 0.2) is 0 Å². The van der Waals surface area contributed by atoms with Crippen molar-refractivity contribution in [1.29, 1.82) is 0 Å². The van der Waals surface area contributed by atoms with Gasteiger partial charge < -0.3 is 5.11 Å². The zero-order valence-electron chi connectivity index (χ0n) is 13.1. The number of hydrogen-bond donors (Lipinski definition) is 1. The van der Waals surface area contributed by atoms with Crippen LogP contribution >= 0.6 is 11.3 Å². The molecule has 0 aliphatic heterocycles. The van der Waals surface area contributed by atoms with Gasteiger partial charge in [-0.15, -0.1) is 0 Å². The molecular weight excluding hydrogens is 324 g/mol. The van der Waals surface area contributed by atoms with Crippen LogP contribution in [0.1, 0.15) is 52.3 Å². The van der Waals surface area contributed by atoms with Crippen LogP contribution in [0.4, 0.5) is 0 Å². The van der Waals surface area contributed by atoms with Gasteiger partial charge >= 0.3 is 5.97 Å². The third-order valence-corrected chi connectivity index (χ3v) is 4.97. The van der Waals surface area contributed by atoms with E-state index >= 15 is 0 Å². The minimum absolute atomic E-state index is 0.156. The monoisotopic (exact) mass is 340 g/mol. The first-order valence-electron chi connectivity index (χ1n) is 7.89. The number of rotatable bonds is 5. The van der Waals surface area contributed by atoms with E-state index in [2.05, 4.69) is 28.2 Å². The molecule has 0 radical (unpaired) electrons. The lowest BCUT2D eigenvalue weighted by Crippen LogP contribution is -1.96. The molecule has 24 heavy (non-hydrogen) atoms. The van der Waals surface area contributed by atoms with Crippen LogP contribution in [-0.2, 0) is 6.54 Å². The number of nitrogens with zero attached hydrogens (tertiary/aromatic N) is 4. The van der Waals surface area contributed by atoms with Gasteiger partial charge in [0.2, 0.25) is 0 Å². The van der Waals surface area contributed by atoms with E-state index in [1.807, 2.05) is 16.8 Å². The van der Waals surface area contributed by atoms with Gasteiger partial charge in [-0.05, 0) is 38.0 Å². The maximum Gasteiger partial charge on any atom is 0.337 e. The van der Waals surface area contributed by atoms with Crippen LogP contribution in [-0.4, -0.2) is 30.8 Å². The standard InChI is InChI=1S/C17H16N4O2S/c1-2-21-9-11(15(20-21)10-3-4-10)5-6-14-19-13-7-12(17(22)23)8-18-16(13)24-14/h5-10H,2-4H2,1H3,(H,22,23)/b6-5+. The Kier molecular flexibility index (Phi) is 3.65. The molecule has 3 aromatic heterocycles. The lowest BCUT2D eigenvalue weighted by molar-refractivity contribution is 0.0696. The van der Waals surface area contributed by atoms with Gasteiger partial charge in [0.05, 0.1) is 11.3 Å². The molecule has 7 heteroatoms. The molecule has 0 spiro atoms. The highest BCUT2D eigenvalue weighted by Gasteiger charge is 2.28. The van der Waals surface area contributed by atoms with Gasteiger partial charge in [-0.3, -0.25) is 4.68 Å². The summed E-state index contributed by atoms with van der Waals surface area (Å²) < 4.78 is 1.96. The number of pyridine rings is 1. The van der Waals surface area contributed by atoms with Crippen molar-refractivity contribution < 1.29 is 9.90 Å². The highest BCUT2D eigenvalue weighted by atomic mass is 32.1. The van der Waals surface area contributed by atoms with Crippen LogP contribution in [0.5, 0.6) is 0 Å². The average molecular weight is 340 g/mol. The minimum atomic E-state index is -0.990. The second-order valence-corrected chi connectivity index (χ2v) is 6.85. The fourth-order valence-corrected chi connectivity index (χ4v) is 3.40. The average Bonchev–Trinajstić information content (AvgIpc) is 3.20. The van der Waals surface area contributed by atoms with E-state index < -0.39 is 5.97 Å². The highest BCUT2D eigenvalue weighted by Crippen LogP contribution is 2.41. The van der Waals surface area contributed by atoms with Crippen molar-refractivity contribution in [3.05, 3.63) is 40.3 Å². The second-order valence-electron chi connectivity index (χ2n) is 5.84. The van der Waals surface area contributed by atoms with Crippen LogP contribution in [0.25, 0.3) is 22.5 Å². The molecule has 1 fully saturated rings. The summed E-state index contributed by atoms with van der Waals surface area (Å²) >= 11 is 1.45. The van der Waals surface area contributed by atoms with Crippen molar-refractivity contribution >= 4 is 39.8 Å². The molecule has 1 saturated carbocycles. The number of thiazole rings is 1. The Morgan fingerprint density at radius 1 is 1.46 bits per heavy atom. The van der Waals surface area contributed by atoms with E-state index in [0.29, 0.717) is 11.4 Å². The van der Waals surface area contributed by atoms with Crippen LogP contribution in [0.2, 0.25) is 0 Å². The van der Waals surface area contributed by atoms with Crippen LogP contribution in [0.15, 0.2) is 18.5 Å². The van der Waals surface area contributed by atoms with Crippen LogP contribution in [0, 0.1) is 0 Å². The summed E-state index contributed by atoms with van der Waals surface area (Å²) in [4.78, 5) is 20.4. The van der Waals surface area contributed by atoms with E-state index in [-0.39, 0.29) is 5.56 Å². The quantitative estimate of drug-likeness (QED) is 0.766. The zero-order valence-corrected chi connectivity index (χ0v) is 14.0. The maximum atomic E-state index is 11.0. The Morgan fingerprint density at radius 2 is 2.29 bits per heavy atom. The minimum Gasteiger partial charge on any atom is -0.478 e. The van der Waals surface area contributed by atoms with Gasteiger partial charge in [-0.25, -0.2) is 14.8 Å². The number of carboxylic acid groups (broad SMARTS) is 1. The van der Waals surface area contributed by atoms with Crippen LogP contribution < -0.4 is 0 Å². The Labute approximate surface area is 142 Å². The predicted molar refractivity (Wildman–Crippen MR) is 93.2 cm³/mol. The van der Waals surface area contributed by atoms with Crippen molar-refractivity contribution in [3.63, 3.8) is 0 Å². The van der Waals surface area contributed by atoms with E-state index in [1.54, 1.807) is 6.07 Å². The summed E-state index contributed by atoms with van der Waals surface area (Å²) in [6.07, 6.45) is 9.86. The first-order chi connectivity index (χ1) is 11.6. The molecule has 3 aromatic rings. The zero-order chi connectivity index (χ0) is 16.7. The molecular formula is C17H16N4O2S. The Balaban J connectivity index is 1.65. The maximum absolute atomic E-state index is 11.0. The summed E-state index contributed by atoms with van der Waals surface area (Å²) in [7, 11) is 0. The van der Waals surface area contributed by atoms with Crippen molar-refractivity contribution in [1.82, 2.24) is 19.7 Å². The number of aryl methyl sites for hydroxylation is 1. The number of carbonyl (C=O) groups is 1. The van der Waals surface area contributed by atoms with E-state index in [1.165, 1.54) is 36.1 Å². The van der Waals surface area contributed by atoms with Gasteiger partial charge in [0, 0.05) is 30.4 Å². The first kappa shape index (κ1) is 15.0. The predicted octanol–water partition coefficient (Wildman–Crippen LogP) is 3.65. The van der Waals surface area contributed by atoms with Crippen molar-refractivity contribution in [3.8, 4) is 0 Å². The molecule has 1 N–H and O–H groups in total. The Bertz CT molecular complexity index is 953. The molecule has 0 unspecified atom stereocenters. The van der Waals surface area contributed by atoms with Crippen molar-refractivity contribution in [2.24, 2.45) is 0 Å². The largest absolute Gasteiger partial charge is 0.478 e. The topological polar surface area (TPSA) is 80.9 Å². The third kappa shape index (κ3) is 2.82. The smallest absolute Gasteiger partial charge is 0.337 e. The van der Waals surface area contributed by atoms with Gasteiger partial charge in [0.25, 0.3) is 0 Å². The molecule has 0 bridgehead atoms. The molecule has 4 rings (SSSR count). The van der Waals surface area contributed by atoms with Crippen LogP contribution in [0.3, 0.4) is 0 Å². The molecule has 1 aliphatic rings. The van der Waals surface area contributed by atoms with Crippen molar-refractivity contribution in [2.45, 2.75) is 32.2 Å². The number of carboxylic acids is 1. The summed E-state index contributed by atoms with van der Waals surface area (Å²) in [5.74, 6) is -0.400. The second kappa shape index (κ2) is 5.83. The summed E-state index contributed by atoms with van der Waals surface area (Å²) in [5.41, 5.74) is 3.08. The molecule has 0 aromatic carbocycles. The summed E-state index contributed by atoms with van der Waals surface area (Å²) in [6.45, 7) is 2.94. The molecule has 0 atom stereocenters. The molecule has 3 heterocycles. The normalized spacial score (nSPS) is 14.7. The Hall–Kier alpha value is -2.54. The SMILES string of the molecule is CCn1cc(/C=C/c2nc3cc(C(=O)O)cnc3s2)c(C2CC2)n1. The van der Waals surface area contributed by atoms with E-state index in [4.69, 9.17) is 5.11 Å². The Morgan fingerprint density at radius 3 is 3.00 bits per heavy atom. The first-order valence-corrected chi connectivity index (χ1v) is 8.71. The van der Waals surface area contributed by atoms with Gasteiger partial charge in [-0.2, -0.15) is 5.10 Å². The van der Waals surface area contributed by atoms with Gasteiger partial charge in [-0.1, -0.05) is 11.3 Å². The number of aromatic nitrogens is 4. The summed E-state index contributed by atoms with van der Waals surface area (Å²) in [6, 6.07) is 1.56. The fourth-order valence-electron chi connectivity index (χ4n) is 2.61. The number of fused-ring (bicyclic) bond motifs is 1. The molecule has 1 aliphatic carbocycles. The molecule has 0 saturated heterocycles. The lowest BCUT2D eigenvalue weighted by Gasteiger charge is -1.92. The molecule has 122 valence electrons. The van der Waals surface area contributed by atoms with E-state index in [9.17, 15) is 4.79 Å². The molecule has 6 nitrogen and oxygen atoms in total. The van der Waals surface area contributed by atoms with Gasteiger partial charge in [0.1, 0.15) is 15.4 Å². The highest BCUT2D eigenvalue weighted by molar-refractivity contribution is 7.18. The number of aromatic carboxylic acids is 1. The summed E-state index contributed by atoms with van der Waals surface area (Å²) in [5, 5.41) is 14.5. The third-order valence-electron chi connectivity index (χ3n) is 4.02. The molecule has 0 amide bonds. The van der Waals surface area contributed by atoms with Crippen molar-refractivity contribution in [2.75, 3.05) is 0 Å².